The quantitative estimate of drug-likeness (QED) is 0.297. The summed E-state index contributed by atoms with van der Waals surface area (Å²) in [6, 6.07) is 0. The van der Waals surface area contributed by atoms with Crippen LogP contribution in [0, 0.1) is 0 Å². The van der Waals surface area contributed by atoms with Gasteiger partial charge in [-0.3, -0.25) is 0 Å². The van der Waals surface area contributed by atoms with Crippen molar-refractivity contribution in [2.45, 2.75) is 32.3 Å². The van der Waals surface area contributed by atoms with Crippen LogP contribution in [0.5, 0.6) is 0 Å². The van der Waals surface area contributed by atoms with E-state index in [9.17, 15) is 5.26 Å². The molecule has 2 heteroatoms. The van der Waals surface area contributed by atoms with Crippen LogP contribution in [-0.2, 0) is 4.52 Å². The number of hydrogen-bond acceptors (Lipinski definition) is 1. The highest BCUT2D eigenvalue weighted by Gasteiger charge is 2.36. The van der Waals surface area contributed by atoms with Crippen LogP contribution in [-0.4, -0.2) is 12.7 Å². The van der Waals surface area contributed by atoms with E-state index in [2.05, 4.69) is 6.92 Å². The molecule has 0 aromatic rings. The first-order valence-corrected chi connectivity index (χ1v) is 3.21. The SMILES string of the molecule is CCCCC1C[O+]1[O-]. The molecular formula is C6H12O2. The molecule has 0 N–H and O–H groups in total. The minimum Gasteiger partial charge on any atom is -0.534 e. The van der Waals surface area contributed by atoms with Crippen molar-refractivity contribution in [3.05, 3.63) is 0 Å². The van der Waals surface area contributed by atoms with E-state index in [1.165, 1.54) is 12.8 Å². The van der Waals surface area contributed by atoms with Crippen LogP contribution in [0.25, 0.3) is 0 Å². The monoisotopic (exact) mass is 116 g/mol. The van der Waals surface area contributed by atoms with Gasteiger partial charge < -0.3 is 9.78 Å². The Morgan fingerprint density at radius 2 is 2.38 bits per heavy atom. The first-order chi connectivity index (χ1) is 3.84. The summed E-state index contributed by atoms with van der Waals surface area (Å²) in [7, 11) is 0. The Bertz CT molecular complexity index is 72.9. The van der Waals surface area contributed by atoms with Gasteiger partial charge in [-0.2, -0.15) is 0 Å². The van der Waals surface area contributed by atoms with E-state index in [-0.39, 0.29) is 0 Å². The summed E-state index contributed by atoms with van der Waals surface area (Å²) in [5, 5.41) is 10.2. The van der Waals surface area contributed by atoms with Gasteiger partial charge in [0.1, 0.15) is 0 Å². The molecule has 0 aliphatic carbocycles. The third-order valence-electron chi connectivity index (χ3n) is 1.49. The first-order valence-electron chi connectivity index (χ1n) is 3.21. The van der Waals surface area contributed by atoms with Gasteiger partial charge in [-0.1, -0.05) is 13.3 Å². The van der Waals surface area contributed by atoms with Gasteiger partial charge in [0, 0.05) is 6.42 Å². The topological polar surface area (TPSA) is 25.8 Å². The summed E-state index contributed by atoms with van der Waals surface area (Å²) in [6.07, 6.45) is 3.78. The molecule has 1 aliphatic heterocycles. The second kappa shape index (κ2) is 2.46. The van der Waals surface area contributed by atoms with Crippen LogP contribution >= 0.6 is 0 Å². The molecule has 0 saturated carbocycles. The number of unbranched alkanes of at least 4 members (excludes halogenated alkanes) is 1. The Labute approximate surface area is 49.7 Å². The van der Waals surface area contributed by atoms with Crippen molar-refractivity contribution in [1.82, 2.24) is 0 Å². The predicted molar refractivity (Wildman–Crippen MR) is 29.3 cm³/mol. The highest BCUT2D eigenvalue weighted by atomic mass is 17.3. The standard InChI is InChI=1S/C6H12O2/c1-2-3-4-6-5-8(6)7/h6H,2-5H2,1H3. The summed E-state index contributed by atoms with van der Waals surface area (Å²) in [4.78, 5) is 0. The molecular weight excluding hydrogens is 104 g/mol. The number of epoxide rings is 1. The van der Waals surface area contributed by atoms with E-state index in [4.69, 9.17) is 0 Å². The minimum absolute atomic E-state index is 0.315. The molecule has 0 spiro atoms. The molecule has 1 unspecified atom stereocenters. The highest BCUT2D eigenvalue weighted by molar-refractivity contribution is 4.69. The molecule has 1 fully saturated rings. The first kappa shape index (κ1) is 6.05. The maximum Gasteiger partial charge on any atom is 0.231 e. The molecule has 2 nitrogen and oxygen atoms in total. The largest absolute Gasteiger partial charge is 0.534 e. The van der Waals surface area contributed by atoms with Gasteiger partial charge in [-0.15, -0.1) is 0 Å². The van der Waals surface area contributed by atoms with Crippen molar-refractivity contribution < 1.29 is 9.78 Å². The lowest BCUT2D eigenvalue weighted by atomic mass is 10.2. The van der Waals surface area contributed by atoms with Gasteiger partial charge in [-0.05, 0) is 6.42 Å². The van der Waals surface area contributed by atoms with Crippen LogP contribution in [0.15, 0.2) is 0 Å². The van der Waals surface area contributed by atoms with Gasteiger partial charge in [0.2, 0.25) is 12.7 Å². The smallest absolute Gasteiger partial charge is 0.231 e. The lowest BCUT2D eigenvalue weighted by Gasteiger charge is -1.94. The summed E-state index contributed by atoms with van der Waals surface area (Å²) in [6.45, 7) is 2.85. The Hall–Kier alpha value is -0.0800. The zero-order valence-electron chi connectivity index (χ0n) is 5.22. The normalized spacial score (nSPS) is 28.5. The maximum atomic E-state index is 10.2. The zero-order valence-corrected chi connectivity index (χ0v) is 5.22. The fraction of sp³-hybridized carbons (Fsp3) is 1.00. The average Bonchev–Trinajstić information content (AvgIpc) is 2.42. The van der Waals surface area contributed by atoms with Gasteiger partial charge in [-0.25, -0.2) is 0 Å². The third kappa shape index (κ3) is 1.46. The summed E-state index contributed by atoms with van der Waals surface area (Å²) in [5.41, 5.74) is 0. The second-order valence-corrected chi connectivity index (χ2v) is 2.31. The molecule has 0 amide bonds. The van der Waals surface area contributed by atoms with Gasteiger partial charge in [0.15, 0.2) is 0 Å². The van der Waals surface area contributed by atoms with Crippen molar-refractivity contribution in [3.8, 4) is 0 Å². The molecule has 1 aliphatic rings. The molecule has 0 radical (unpaired) electrons. The lowest BCUT2D eigenvalue weighted by molar-refractivity contribution is -0.737. The summed E-state index contributed by atoms with van der Waals surface area (Å²) in [5.74, 6) is 0. The van der Waals surface area contributed by atoms with Crippen LogP contribution in [0.2, 0.25) is 0 Å². The molecule has 1 rings (SSSR count). The summed E-state index contributed by atoms with van der Waals surface area (Å²) < 4.78 is 1.81. The molecule has 48 valence electrons. The molecule has 0 bridgehead atoms. The van der Waals surface area contributed by atoms with E-state index in [1.807, 2.05) is 4.52 Å². The van der Waals surface area contributed by atoms with Gasteiger partial charge in [0.05, 0.1) is 0 Å². The Balaban J connectivity index is 1.89. The Morgan fingerprint density at radius 3 is 2.75 bits per heavy atom. The fourth-order valence-electron chi connectivity index (χ4n) is 0.791. The number of rotatable bonds is 3. The molecule has 1 saturated heterocycles. The average molecular weight is 116 g/mol. The van der Waals surface area contributed by atoms with E-state index >= 15 is 0 Å². The van der Waals surface area contributed by atoms with Gasteiger partial charge in [0.25, 0.3) is 0 Å². The van der Waals surface area contributed by atoms with Crippen LogP contribution < -0.4 is 5.26 Å². The Kier molecular flexibility index (Phi) is 1.86. The van der Waals surface area contributed by atoms with Crippen LogP contribution in [0.3, 0.4) is 0 Å². The molecule has 0 aromatic carbocycles. The van der Waals surface area contributed by atoms with E-state index in [0.717, 1.165) is 6.42 Å². The summed E-state index contributed by atoms with van der Waals surface area (Å²) >= 11 is 0. The molecule has 1 heterocycles. The predicted octanol–water partition coefficient (Wildman–Crippen LogP) is 0.386. The van der Waals surface area contributed by atoms with Gasteiger partial charge >= 0.3 is 0 Å². The van der Waals surface area contributed by atoms with E-state index in [1.54, 1.807) is 0 Å². The van der Waals surface area contributed by atoms with Crippen molar-refractivity contribution in [2.24, 2.45) is 0 Å². The minimum atomic E-state index is 0.315. The third-order valence-corrected chi connectivity index (χ3v) is 1.49. The molecule has 8 heavy (non-hydrogen) atoms. The zero-order chi connectivity index (χ0) is 5.98. The van der Waals surface area contributed by atoms with Crippen molar-refractivity contribution in [2.75, 3.05) is 6.61 Å². The Morgan fingerprint density at radius 1 is 1.75 bits per heavy atom. The van der Waals surface area contributed by atoms with Crippen molar-refractivity contribution in [1.29, 1.82) is 0 Å². The number of hydrogen-bond donors (Lipinski definition) is 0. The van der Waals surface area contributed by atoms with E-state index < -0.39 is 0 Å². The fourth-order valence-corrected chi connectivity index (χ4v) is 0.791. The molecule has 1 atom stereocenters. The van der Waals surface area contributed by atoms with Crippen LogP contribution in [0.4, 0.5) is 0 Å². The maximum absolute atomic E-state index is 10.2. The van der Waals surface area contributed by atoms with Crippen molar-refractivity contribution >= 4 is 0 Å². The lowest BCUT2D eigenvalue weighted by Crippen LogP contribution is -2.06. The second-order valence-electron chi connectivity index (χ2n) is 2.31. The van der Waals surface area contributed by atoms with E-state index in [0.29, 0.717) is 12.7 Å². The highest BCUT2D eigenvalue weighted by Crippen LogP contribution is 2.21. The molecule has 0 aromatic heterocycles. The van der Waals surface area contributed by atoms with Crippen molar-refractivity contribution in [3.63, 3.8) is 0 Å². The van der Waals surface area contributed by atoms with Crippen LogP contribution in [0.1, 0.15) is 26.2 Å².